The van der Waals surface area contributed by atoms with Crippen LogP contribution in [0.1, 0.15) is 67.5 Å². The Morgan fingerprint density at radius 1 is 1.00 bits per heavy atom. The number of amides is 1. The van der Waals surface area contributed by atoms with Gasteiger partial charge in [0.15, 0.2) is 5.78 Å². The Bertz CT molecular complexity index is 1540. The molecule has 0 bridgehead atoms. The zero-order valence-corrected chi connectivity index (χ0v) is 22.5. The highest BCUT2D eigenvalue weighted by molar-refractivity contribution is 5.98. The molecule has 1 saturated heterocycles. The van der Waals surface area contributed by atoms with E-state index in [1.807, 2.05) is 31.0 Å². The standard InChI is InChI=1S/C31H33N5O3/c1-3-28(37)25-9-8-22(17-32-25)26-16-21-6-5-7-23(24(21)18-33-26)30-27-19-35(29(38)4-2)12-13-36(27)31(34-30)20-10-14-39-15-11-20/h5-9,16-18,20H,3-4,10-15,19H2,1-2H3. The molecule has 0 N–H and O–H groups in total. The van der Waals surface area contributed by atoms with Crippen molar-refractivity contribution in [3.63, 3.8) is 0 Å². The lowest BCUT2D eigenvalue weighted by Gasteiger charge is -2.31. The number of ketones is 1. The lowest BCUT2D eigenvalue weighted by molar-refractivity contribution is -0.132. The van der Waals surface area contributed by atoms with Gasteiger partial charge >= 0.3 is 0 Å². The summed E-state index contributed by atoms with van der Waals surface area (Å²) in [5.41, 5.74) is 5.21. The molecule has 4 aromatic rings. The molecule has 0 radical (unpaired) electrons. The van der Waals surface area contributed by atoms with E-state index >= 15 is 0 Å². The molecule has 6 rings (SSSR count). The number of benzene rings is 1. The summed E-state index contributed by atoms with van der Waals surface area (Å²) in [6, 6.07) is 12.0. The first-order valence-electron chi connectivity index (χ1n) is 13.9. The summed E-state index contributed by atoms with van der Waals surface area (Å²) in [5, 5.41) is 2.07. The smallest absolute Gasteiger partial charge is 0.222 e. The lowest BCUT2D eigenvalue weighted by atomic mass is 9.99. The van der Waals surface area contributed by atoms with Gasteiger partial charge < -0.3 is 14.2 Å². The van der Waals surface area contributed by atoms with Crippen LogP contribution >= 0.6 is 0 Å². The molecule has 0 atom stereocenters. The van der Waals surface area contributed by atoms with Crippen molar-refractivity contribution in [2.24, 2.45) is 0 Å². The van der Waals surface area contributed by atoms with Crippen LogP contribution in [0.2, 0.25) is 0 Å². The third kappa shape index (κ3) is 4.74. The van der Waals surface area contributed by atoms with Crippen LogP contribution in [0.4, 0.5) is 0 Å². The fourth-order valence-electron chi connectivity index (χ4n) is 5.74. The van der Waals surface area contributed by atoms with Gasteiger partial charge in [-0.05, 0) is 36.4 Å². The molecule has 2 aliphatic heterocycles. The Balaban J connectivity index is 1.42. The van der Waals surface area contributed by atoms with Crippen molar-refractivity contribution in [1.29, 1.82) is 0 Å². The predicted octanol–water partition coefficient (Wildman–Crippen LogP) is 5.40. The number of hydrogen-bond donors (Lipinski definition) is 0. The van der Waals surface area contributed by atoms with Crippen LogP contribution in [0.5, 0.6) is 0 Å². The van der Waals surface area contributed by atoms with E-state index in [0.717, 1.165) is 77.4 Å². The monoisotopic (exact) mass is 523 g/mol. The maximum Gasteiger partial charge on any atom is 0.222 e. The molecule has 5 heterocycles. The summed E-state index contributed by atoms with van der Waals surface area (Å²) < 4.78 is 7.99. The minimum absolute atomic E-state index is 0.0281. The van der Waals surface area contributed by atoms with Crippen molar-refractivity contribution < 1.29 is 14.3 Å². The molecule has 2 aliphatic rings. The van der Waals surface area contributed by atoms with Crippen molar-refractivity contribution in [2.45, 2.75) is 58.5 Å². The summed E-state index contributed by atoms with van der Waals surface area (Å²) in [5.74, 6) is 1.67. The molecule has 8 heteroatoms. The van der Waals surface area contributed by atoms with E-state index in [0.29, 0.717) is 37.5 Å². The molecule has 8 nitrogen and oxygen atoms in total. The van der Waals surface area contributed by atoms with Crippen LogP contribution in [-0.2, 0) is 22.6 Å². The number of ether oxygens (including phenoxy) is 1. The van der Waals surface area contributed by atoms with Gasteiger partial charge in [-0.3, -0.25) is 19.6 Å². The van der Waals surface area contributed by atoms with Gasteiger partial charge in [-0.25, -0.2) is 4.98 Å². The number of fused-ring (bicyclic) bond motifs is 2. The van der Waals surface area contributed by atoms with Gasteiger partial charge in [0.2, 0.25) is 5.91 Å². The average Bonchev–Trinajstić information content (AvgIpc) is 3.39. The maximum absolute atomic E-state index is 12.6. The van der Waals surface area contributed by atoms with E-state index in [9.17, 15) is 9.59 Å². The Kier molecular flexibility index (Phi) is 6.95. The second kappa shape index (κ2) is 10.7. The molecule has 39 heavy (non-hydrogen) atoms. The largest absolute Gasteiger partial charge is 0.381 e. The summed E-state index contributed by atoms with van der Waals surface area (Å²) in [4.78, 5) is 41.0. The first-order chi connectivity index (χ1) is 19.1. The van der Waals surface area contributed by atoms with Gasteiger partial charge in [0, 0.05) is 74.0 Å². The molecule has 0 unspecified atom stereocenters. The van der Waals surface area contributed by atoms with E-state index in [-0.39, 0.29) is 11.7 Å². The van der Waals surface area contributed by atoms with Crippen LogP contribution in [0.15, 0.2) is 48.8 Å². The number of Topliss-reactive ketones (excluding diaryl/α,β-unsaturated/α-hetero) is 1. The fourth-order valence-corrected chi connectivity index (χ4v) is 5.74. The average molecular weight is 524 g/mol. The molecule has 1 amide bonds. The van der Waals surface area contributed by atoms with Crippen LogP contribution in [0.3, 0.4) is 0 Å². The number of hydrogen-bond acceptors (Lipinski definition) is 6. The summed E-state index contributed by atoms with van der Waals surface area (Å²) in [7, 11) is 0. The first-order valence-corrected chi connectivity index (χ1v) is 13.9. The minimum atomic E-state index is 0.0281. The first kappa shape index (κ1) is 25.4. The second-order valence-electron chi connectivity index (χ2n) is 10.3. The molecular weight excluding hydrogens is 490 g/mol. The second-order valence-corrected chi connectivity index (χ2v) is 10.3. The molecule has 0 spiro atoms. The van der Waals surface area contributed by atoms with Crippen molar-refractivity contribution in [3.05, 3.63) is 66.0 Å². The Labute approximate surface area is 228 Å². The molecule has 0 aliphatic carbocycles. The Hall–Kier alpha value is -3.91. The van der Waals surface area contributed by atoms with E-state index in [1.165, 1.54) is 0 Å². The van der Waals surface area contributed by atoms with Gasteiger partial charge in [-0.2, -0.15) is 0 Å². The Morgan fingerprint density at radius 2 is 1.85 bits per heavy atom. The summed E-state index contributed by atoms with van der Waals surface area (Å²) in [6.45, 7) is 7.30. The van der Waals surface area contributed by atoms with Gasteiger partial charge in [0.05, 0.1) is 23.6 Å². The number of imidazole rings is 1. The SMILES string of the molecule is CCC(=O)c1ccc(-c2cc3cccc(-c4nc(C5CCOCC5)n5c4CN(C(=O)CC)CC5)c3cn2)cn1. The third-order valence-corrected chi connectivity index (χ3v) is 7.96. The van der Waals surface area contributed by atoms with E-state index in [2.05, 4.69) is 33.8 Å². The highest BCUT2D eigenvalue weighted by Gasteiger charge is 2.31. The van der Waals surface area contributed by atoms with E-state index in [1.54, 1.807) is 12.3 Å². The zero-order chi connectivity index (χ0) is 26.9. The molecule has 3 aromatic heterocycles. The number of carbonyl (C=O) groups is 2. The van der Waals surface area contributed by atoms with E-state index < -0.39 is 0 Å². The topological polar surface area (TPSA) is 90.2 Å². The number of rotatable bonds is 6. The number of aromatic nitrogens is 4. The highest BCUT2D eigenvalue weighted by Crippen LogP contribution is 2.37. The van der Waals surface area contributed by atoms with Crippen molar-refractivity contribution in [3.8, 4) is 22.5 Å². The quantitative estimate of drug-likeness (QED) is 0.315. The predicted molar refractivity (Wildman–Crippen MR) is 149 cm³/mol. The number of nitrogens with zero attached hydrogens (tertiary/aromatic N) is 5. The molecule has 1 fully saturated rings. The molecule has 1 aromatic carbocycles. The van der Waals surface area contributed by atoms with Crippen LogP contribution in [-0.4, -0.2) is 55.9 Å². The van der Waals surface area contributed by atoms with Gasteiger partial charge in [0.25, 0.3) is 0 Å². The normalized spacial score (nSPS) is 15.9. The molecular formula is C31H33N5O3. The highest BCUT2D eigenvalue weighted by atomic mass is 16.5. The summed E-state index contributed by atoms with van der Waals surface area (Å²) >= 11 is 0. The van der Waals surface area contributed by atoms with Crippen LogP contribution < -0.4 is 0 Å². The number of pyridine rings is 2. The molecule has 200 valence electrons. The minimum Gasteiger partial charge on any atom is -0.381 e. The van der Waals surface area contributed by atoms with Gasteiger partial charge in [0.1, 0.15) is 11.5 Å². The Morgan fingerprint density at radius 3 is 2.59 bits per heavy atom. The fraction of sp³-hybridized carbons (Fsp3) is 0.387. The molecule has 0 saturated carbocycles. The maximum atomic E-state index is 12.6. The van der Waals surface area contributed by atoms with E-state index in [4.69, 9.17) is 14.7 Å². The van der Waals surface area contributed by atoms with Crippen molar-refractivity contribution in [2.75, 3.05) is 19.8 Å². The van der Waals surface area contributed by atoms with Crippen LogP contribution in [0, 0.1) is 0 Å². The lowest BCUT2D eigenvalue weighted by Crippen LogP contribution is -2.38. The van der Waals surface area contributed by atoms with Gasteiger partial charge in [-0.15, -0.1) is 0 Å². The third-order valence-electron chi connectivity index (χ3n) is 7.96. The number of carbonyl (C=O) groups excluding carboxylic acids is 2. The van der Waals surface area contributed by atoms with Gasteiger partial charge in [-0.1, -0.05) is 32.0 Å². The zero-order valence-electron chi connectivity index (χ0n) is 22.5. The summed E-state index contributed by atoms with van der Waals surface area (Å²) in [6.07, 6.45) is 6.48. The van der Waals surface area contributed by atoms with Crippen molar-refractivity contribution >= 4 is 22.5 Å². The van der Waals surface area contributed by atoms with Crippen molar-refractivity contribution in [1.82, 2.24) is 24.4 Å². The van der Waals surface area contributed by atoms with Crippen LogP contribution in [0.25, 0.3) is 33.3 Å².